The first kappa shape index (κ1) is 24.0. The largest absolute Gasteiger partial charge is 0.490 e. The smallest absolute Gasteiger partial charge is 0.270 e. The van der Waals surface area contributed by atoms with E-state index >= 15 is 0 Å². The summed E-state index contributed by atoms with van der Waals surface area (Å²) in [6.45, 7) is 7.43. The number of anilines is 1. The van der Waals surface area contributed by atoms with E-state index in [2.05, 4.69) is 32.9 Å². The number of thioether (sulfide) groups is 1. The van der Waals surface area contributed by atoms with Gasteiger partial charge in [0.25, 0.3) is 5.91 Å². The van der Waals surface area contributed by atoms with Gasteiger partial charge in [0.05, 0.1) is 10.6 Å². The van der Waals surface area contributed by atoms with Crippen LogP contribution in [0.15, 0.2) is 83.8 Å². The van der Waals surface area contributed by atoms with Crippen LogP contribution in [0.25, 0.3) is 6.08 Å². The van der Waals surface area contributed by atoms with Gasteiger partial charge in [0.1, 0.15) is 24.7 Å². The number of ether oxygens (including phenoxy) is 2. The van der Waals surface area contributed by atoms with Gasteiger partial charge in [-0.15, -0.1) is 0 Å². The summed E-state index contributed by atoms with van der Waals surface area (Å²) in [6.07, 6.45) is 1.85. The number of rotatable bonds is 7. The molecule has 34 heavy (non-hydrogen) atoms. The number of hydrogen-bond acceptors (Lipinski definition) is 5. The first-order valence-electron chi connectivity index (χ1n) is 11.1. The molecule has 0 aliphatic carbocycles. The highest BCUT2D eigenvalue weighted by Gasteiger charge is 2.33. The monoisotopic (exact) mass is 489 g/mol. The van der Waals surface area contributed by atoms with Gasteiger partial charge in [0.15, 0.2) is 4.32 Å². The molecule has 4 rings (SSSR count). The van der Waals surface area contributed by atoms with Gasteiger partial charge in [0, 0.05) is 0 Å². The average Bonchev–Trinajstić information content (AvgIpc) is 3.10. The molecular formula is C28H27NO3S2. The number of hydrogen-bond donors (Lipinski definition) is 0. The predicted molar refractivity (Wildman–Crippen MR) is 145 cm³/mol. The maximum absolute atomic E-state index is 12.9. The van der Waals surface area contributed by atoms with Gasteiger partial charge in [-0.2, -0.15) is 0 Å². The van der Waals surface area contributed by atoms with Gasteiger partial charge in [-0.25, -0.2) is 0 Å². The van der Waals surface area contributed by atoms with E-state index in [9.17, 15) is 4.79 Å². The molecule has 174 valence electrons. The third-order valence-electron chi connectivity index (χ3n) is 5.31. The van der Waals surface area contributed by atoms with Crippen molar-refractivity contribution in [3.63, 3.8) is 0 Å². The number of thiocarbonyl (C=S) groups is 1. The van der Waals surface area contributed by atoms with Gasteiger partial charge in [-0.1, -0.05) is 87.2 Å². The summed E-state index contributed by atoms with van der Waals surface area (Å²) in [5, 5.41) is 0. The molecule has 0 unspecified atom stereocenters. The molecule has 3 aromatic carbocycles. The fraction of sp³-hybridized carbons (Fsp3) is 0.214. The molecule has 4 nitrogen and oxygen atoms in total. The lowest BCUT2D eigenvalue weighted by Crippen LogP contribution is -2.27. The molecule has 0 aromatic heterocycles. The molecule has 0 radical (unpaired) electrons. The molecule has 0 N–H and O–H groups in total. The van der Waals surface area contributed by atoms with Crippen LogP contribution >= 0.6 is 24.0 Å². The zero-order valence-electron chi connectivity index (χ0n) is 19.5. The Labute approximate surface area is 210 Å². The van der Waals surface area contributed by atoms with Gasteiger partial charge in [-0.3, -0.25) is 9.69 Å². The molecular weight excluding hydrogens is 462 g/mol. The van der Waals surface area contributed by atoms with Gasteiger partial charge in [-0.05, 0) is 59.0 Å². The minimum atomic E-state index is -0.113. The Morgan fingerprint density at radius 3 is 2.24 bits per heavy atom. The molecule has 0 spiro atoms. The molecule has 6 heteroatoms. The van der Waals surface area contributed by atoms with Crippen molar-refractivity contribution < 1.29 is 14.3 Å². The van der Waals surface area contributed by atoms with Crippen LogP contribution in [-0.2, 0) is 10.2 Å². The Morgan fingerprint density at radius 2 is 1.56 bits per heavy atom. The summed E-state index contributed by atoms with van der Waals surface area (Å²) in [4.78, 5) is 15.1. The Kier molecular flexibility index (Phi) is 7.39. The van der Waals surface area contributed by atoms with E-state index in [-0.39, 0.29) is 11.3 Å². The second kappa shape index (κ2) is 10.5. The molecule has 0 saturated carbocycles. The van der Waals surface area contributed by atoms with E-state index < -0.39 is 0 Å². The standard InChI is InChI=1S/C28H27NO3S2/c1-28(2,3)21-12-14-23(15-13-21)31-16-17-32-24-11-7-8-20(18-24)19-25-26(30)29(27(33)34-25)22-9-5-4-6-10-22/h4-15,18-19H,16-17H2,1-3H3/b25-19+. The van der Waals surface area contributed by atoms with E-state index in [1.54, 1.807) is 4.90 Å². The molecule has 0 atom stereocenters. The minimum absolute atomic E-state index is 0.113. The van der Waals surface area contributed by atoms with Crippen LogP contribution < -0.4 is 14.4 Å². The zero-order chi connectivity index (χ0) is 24.1. The quantitative estimate of drug-likeness (QED) is 0.206. The fourth-order valence-electron chi connectivity index (χ4n) is 3.48. The maximum atomic E-state index is 12.9. The molecule has 1 fully saturated rings. The lowest BCUT2D eigenvalue weighted by atomic mass is 9.87. The van der Waals surface area contributed by atoms with Crippen LogP contribution in [0.5, 0.6) is 11.5 Å². The van der Waals surface area contributed by atoms with Crippen molar-refractivity contribution in [2.45, 2.75) is 26.2 Å². The van der Waals surface area contributed by atoms with E-state index in [1.165, 1.54) is 17.3 Å². The maximum Gasteiger partial charge on any atom is 0.270 e. The predicted octanol–water partition coefficient (Wildman–Crippen LogP) is 6.85. The Hall–Kier alpha value is -3.09. The van der Waals surface area contributed by atoms with E-state index in [0.29, 0.717) is 22.4 Å². The fourth-order valence-corrected chi connectivity index (χ4v) is 4.78. The summed E-state index contributed by atoms with van der Waals surface area (Å²) < 4.78 is 12.2. The summed E-state index contributed by atoms with van der Waals surface area (Å²) in [7, 11) is 0. The topological polar surface area (TPSA) is 38.8 Å². The normalized spacial score (nSPS) is 15.1. The number of para-hydroxylation sites is 1. The van der Waals surface area contributed by atoms with Crippen molar-refractivity contribution in [2.24, 2.45) is 0 Å². The van der Waals surface area contributed by atoms with Crippen LogP contribution in [0.4, 0.5) is 5.69 Å². The van der Waals surface area contributed by atoms with E-state index in [4.69, 9.17) is 21.7 Å². The second-order valence-corrected chi connectivity index (χ2v) is 10.6. The van der Waals surface area contributed by atoms with E-state index in [1.807, 2.05) is 72.8 Å². The number of carbonyl (C=O) groups is 1. The Morgan fingerprint density at radius 1 is 0.882 bits per heavy atom. The highest BCUT2D eigenvalue weighted by Crippen LogP contribution is 2.36. The lowest BCUT2D eigenvalue weighted by Gasteiger charge is -2.19. The summed E-state index contributed by atoms with van der Waals surface area (Å²) >= 11 is 6.75. The highest BCUT2D eigenvalue weighted by atomic mass is 32.2. The van der Waals surface area contributed by atoms with Crippen LogP contribution in [0.3, 0.4) is 0 Å². The van der Waals surface area contributed by atoms with Crippen molar-refractivity contribution in [1.82, 2.24) is 0 Å². The zero-order valence-corrected chi connectivity index (χ0v) is 21.1. The number of carbonyl (C=O) groups excluding carboxylic acids is 1. The number of benzene rings is 3. The Bertz CT molecular complexity index is 1200. The molecule has 1 amide bonds. The average molecular weight is 490 g/mol. The minimum Gasteiger partial charge on any atom is -0.490 e. The lowest BCUT2D eigenvalue weighted by molar-refractivity contribution is -0.113. The summed E-state index contributed by atoms with van der Waals surface area (Å²) in [5.41, 5.74) is 3.05. The molecule has 1 saturated heterocycles. The van der Waals surface area contributed by atoms with Crippen LogP contribution in [0.2, 0.25) is 0 Å². The Balaban J connectivity index is 1.34. The summed E-state index contributed by atoms with van der Waals surface area (Å²) in [6, 6.07) is 25.3. The van der Waals surface area contributed by atoms with Crippen molar-refractivity contribution in [3.05, 3.63) is 94.9 Å². The SMILES string of the molecule is CC(C)(C)c1ccc(OCCOc2cccc(/C=C3/SC(=S)N(c4ccccc4)C3=O)c2)cc1. The van der Waals surface area contributed by atoms with Gasteiger partial charge >= 0.3 is 0 Å². The van der Waals surface area contributed by atoms with Crippen LogP contribution in [0, 0.1) is 0 Å². The summed E-state index contributed by atoms with van der Waals surface area (Å²) in [5.74, 6) is 1.43. The van der Waals surface area contributed by atoms with Gasteiger partial charge in [0.2, 0.25) is 0 Å². The third kappa shape index (κ3) is 5.88. The first-order valence-corrected chi connectivity index (χ1v) is 12.3. The van der Waals surface area contributed by atoms with Crippen molar-refractivity contribution >= 4 is 46.0 Å². The highest BCUT2D eigenvalue weighted by molar-refractivity contribution is 8.27. The van der Waals surface area contributed by atoms with Crippen molar-refractivity contribution in [3.8, 4) is 11.5 Å². The van der Waals surface area contributed by atoms with Crippen molar-refractivity contribution in [1.29, 1.82) is 0 Å². The number of nitrogens with zero attached hydrogens (tertiary/aromatic N) is 1. The van der Waals surface area contributed by atoms with Crippen LogP contribution in [0.1, 0.15) is 31.9 Å². The van der Waals surface area contributed by atoms with E-state index in [0.717, 1.165) is 22.7 Å². The second-order valence-electron chi connectivity index (χ2n) is 8.90. The van der Waals surface area contributed by atoms with Crippen LogP contribution in [-0.4, -0.2) is 23.4 Å². The first-order chi connectivity index (χ1) is 16.3. The van der Waals surface area contributed by atoms with Crippen molar-refractivity contribution in [2.75, 3.05) is 18.1 Å². The third-order valence-corrected chi connectivity index (χ3v) is 6.61. The molecule has 1 aliphatic heterocycles. The molecule has 0 bridgehead atoms. The molecule has 3 aromatic rings. The molecule has 1 aliphatic rings. The number of amides is 1. The van der Waals surface area contributed by atoms with Gasteiger partial charge < -0.3 is 9.47 Å². The molecule has 1 heterocycles.